The average Bonchev–Trinajstić information content (AvgIpc) is 2.41. The Balaban J connectivity index is 1.91. The van der Waals surface area contributed by atoms with Gasteiger partial charge in [0, 0.05) is 12.1 Å². The topological polar surface area (TPSA) is 49.3 Å². The molecular formula is C16H16ClNO2. The van der Waals surface area contributed by atoms with E-state index in [4.69, 9.17) is 11.6 Å². The summed E-state index contributed by atoms with van der Waals surface area (Å²) < 4.78 is 0. The maximum atomic E-state index is 11.9. The van der Waals surface area contributed by atoms with Crippen LogP contribution in [0.1, 0.15) is 17.5 Å². The summed E-state index contributed by atoms with van der Waals surface area (Å²) in [6, 6.07) is 12.7. The summed E-state index contributed by atoms with van der Waals surface area (Å²) in [5.41, 5.74) is 2.92. The molecule has 104 valence electrons. The zero-order valence-corrected chi connectivity index (χ0v) is 11.9. The number of nitrogens with one attached hydrogen (secondary N) is 1. The molecule has 0 aliphatic heterocycles. The van der Waals surface area contributed by atoms with Crippen LogP contribution in [0.15, 0.2) is 42.5 Å². The molecule has 2 rings (SSSR count). The fourth-order valence-corrected chi connectivity index (χ4v) is 2.11. The lowest BCUT2D eigenvalue weighted by molar-refractivity contribution is -0.116. The average molecular weight is 290 g/mol. The van der Waals surface area contributed by atoms with Gasteiger partial charge in [-0.15, -0.1) is 0 Å². The van der Waals surface area contributed by atoms with E-state index in [1.54, 1.807) is 6.07 Å². The van der Waals surface area contributed by atoms with E-state index in [1.807, 2.05) is 25.1 Å². The second kappa shape index (κ2) is 6.44. The number of phenols is 1. The molecule has 0 aliphatic carbocycles. The number of hydrogen-bond donors (Lipinski definition) is 2. The quantitative estimate of drug-likeness (QED) is 0.838. The first-order valence-corrected chi connectivity index (χ1v) is 6.76. The molecule has 0 aliphatic rings. The molecule has 0 saturated carbocycles. The number of hydrogen-bond acceptors (Lipinski definition) is 2. The Kier molecular flexibility index (Phi) is 4.64. The molecule has 0 bridgehead atoms. The van der Waals surface area contributed by atoms with Gasteiger partial charge in [0.15, 0.2) is 0 Å². The van der Waals surface area contributed by atoms with Crippen LogP contribution in [0.3, 0.4) is 0 Å². The number of anilines is 1. The predicted molar refractivity (Wildman–Crippen MR) is 81.2 cm³/mol. The number of aryl methyl sites for hydroxylation is 2. The van der Waals surface area contributed by atoms with E-state index in [2.05, 4.69) is 11.4 Å². The molecule has 20 heavy (non-hydrogen) atoms. The lowest BCUT2D eigenvalue weighted by atomic mass is 10.1. The van der Waals surface area contributed by atoms with Crippen molar-refractivity contribution in [3.8, 4) is 5.75 Å². The van der Waals surface area contributed by atoms with Crippen LogP contribution in [-0.2, 0) is 11.2 Å². The first-order chi connectivity index (χ1) is 9.54. The molecular weight excluding hydrogens is 274 g/mol. The molecule has 2 N–H and O–H groups in total. The van der Waals surface area contributed by atoms with Crippen molar-refractivity contribution in [2.75, 3.05) is 5.32 Å². The Morgan fingerprint density at radius 3 is 2.75 bits per heavy atom. The highest BCUT2D eigenvalue weighted by Gasteiger charge is 2.05. The standard InChI is InChI=1S/C16H16ClNO2/c1-11-3-2-4-12(9-11)5-8-16(20)18-13-6-7-15(19)14(17)10-13/h2-4,6-7,9-10,19H,5,8H2,1H3,(H,18,20). The Morgan fingerprint density at radius 2 is 2.05 bits per heavy atom. The molecule has 2 aromatic rings. The van der Waals surface area contributed by atoms with Crippen LogP contribution in [0.25, 0.3) is 0 Å². The van der Waals surface area contributed by atoms with Gasteiger partial charge in [0.1, 0.15) is 5.75 Å². The highest BCUT2D eigenvalue weighted by Crippen LogP contribution is 2.26. The van der Waals surface area contributed by atoms with Crippen LogP contribution in [0, 0.1) is 6.92 Å². The van der Waals surface area contributed by atoms with Gasteiger partial charge in [-0.05, 0) is 37.1 Å². The smallest absolute Gasteiger partial charge is 0.224 e. The van der Waals surface area contributed by atoms with Crippen LogP contribution in [-0.4, -0.2) is 11.0 Å². The molecule has 0 unspecified atom stereocenters. The number of aromatic hydroxyl groups is 1. The third-order valence-electron chi connectivity index (χ3n) is 2.95. The van der Waals surface area contributed by atoms with Gasteiger partial charge in [-0.2, -0.15) is 0 Å². The van der Waals surface area contributed by atoms with Gasteiger partial charge >= 0.3 is 0 Å². The number of halogens is 1. The van der Waals surface area contributed by atoms with Crippen LogP contribution in [0.5, 0.6) is 5.75 Å². The molecule has 0 radical (unpaired) electrons. The Hall–Kier alpha value is -2.00. The Labute approximate surface area is 123 Å². The predicted octanol–water partition coefficient (Wildman–Crippen LogP) is 3.93. The molecule has 0 spiro atoms. The maximum Gasteiger partial charge on any atom is 0.224 e. The number of carbonyl (C=O) groups is 1. The Morgan fingerprint density at radius 1 is 1.25 bits per heavy atom. The molecule has 0 fully saturated rings. The summed E-state index contributed by atoms with van der Waals surface area (Å²) in [7, 11) is 0. The summed E-state index contributed by atoms with van der Waals surface area (Å²) in [6.07, 6.45) is 1.10. The van der Waals surface area contributed by atoms with Gasteiger partial charge < -0.3 is 10.4 Å². The fraction of sp³-hybridized carbons (Fsp3) is 0.188. The first kappa shape index (κ1) is 14.4. The summed E-state index contributed by atoms with van der Waals surface area (Å²) in [5, 5.41) is 12.3. The van der Waals surface area contributed by atoms with Gasteiger partial charge in [-0.25, -0.2) is 0 Å². The zero-order chi connectivity index (χ0) is 14.5. The lowest BCUT2D eigenvalue weighted by Gasteiger charge is -2.07. The third kappa shape index (κ3) is 4.00. The van der Waals surface area contributed by atoms with Gasteiger partial charge in [0.2, 0.25) is 5.91 Å². The maximum absolute atomic E-state index is 11.9. The SMILES string of the molecule is Cc1cccc(CCC(=O)Nc2ccc(O)c(Cl)c2)c1. The Bertz CT molecular complexity index is 626. The molecule has 0 saturated heterocycles. The van der Waals surface area contributed by atoms with Crippen molar-refractivity contribution in [2.45, 2.75) is 19.8 Å². The normalized spacial score (nSPS) is 10.3. The minimum atomic E-state index is -0.0757. The van der Waals surface area contributed by atoms with Crippen LogP contribution >= 0.6 is 11.6 Å². The number of benzene rings is 2. The van der Waals surface area contributed by atoms with E-state index < -0.39 is 0 Å². The van der Waals surface area contributed by atoms with Crippen molar-refractivity contribution in [1.82, 2.24) is 0 Å². The van der Waals surface area contributed by atoms with Crippen molar-refractivity contribution >= 4 is 23.2 Å². The highest BCUT2D eigenvalue weighted by molar-refractivity contribution is 6.32. The molecule has 0 heterocycles. The van der Waals surface area contributed by atoms with E-state index in [9.17, 15) is 9.90 Å². The van der Waals surface area contributed by atoms with Crippen LogP contribution in [0.2, 0.25) is 5.02 Å². The monoisotopic (exact) mass is 289 g/mol. The molecule has 0 aromatic heterocycles. The number of rotatable bonds is 4. The van der Waals surface area contributed by atoms with Gasteiger partial charge in [-0.3, -0.25) is 4.79 Å². The largest absolute Gasteiger partial charge is 0.506 e. The van der Waals surface area contributed by atoms with E-state index in [0.717, 1.165) is 5.56 Å². The zero-order valence-electron chi connectivity index (χ0n) is 11.2. The summed E-state index contributed by atoms with van der Waals surface area (Å²) in [5.74, 6) is -0.0716. The van der Waals surface area contributed by atoms with Crippen molar-refractivity contribution in [2.24, 2.45) is 0 Å². The van der Waals surface area contributed by atoms with Crippen molar-refractivity contribution in [3.63, 3.8) is 0 Å². The van der Waals surface area contributed by atoms with Crippen LogP contribution in [0.4, 0.5) is 5.69 Å². The van der Waals surface area contributed by atoms with Gasteiger partial charge in [0.05, 0.1) is 5.02 Å². The van der Waals surface area contributed by atoms with E-state index in [1.165, 1.54) is 17.7 Å². The second-order valence-electron chi connectivity index (χ2n) is 4.70. The van der Waals surface area contributed by atoms with Crippen LogP contribution < -0.4 is 5.32 Å². The fourth-order valence-electron chi connectivity index (χ4n) is 1.93. The lowest BCUT2D eigenvalue weighted by Crippen LogP contribution is -2.12. The summed E-state index contributed by atoms with van der Waals surface area (Å²) >= 11 is 5.79. The minimum absolute atomic E-state index is 0.00410. The molecule has 0 atom stereocenters. The van der Waals surface area contributed by atoms with Gasteiger partial charge in [-0.1, -0.05) is 41.4 Å². The first-order valence-electron chi connectivity index (χ1n) is 6.38. The molecule has 2 aromatic carbocycles. The number of phenolic OH excluding ortho intramolecular Hbond substituents is 1. The summed E-state index contributed by atoms with van der Waals surface area (Å²) in [6.45, 7) is 2.03. The van der Waals surface area contributed by atoms with Crippen molar-refractivity contribution < 1.29 is 9.90 Å². The number of carbonyl (C=O) groups excluding carboxylic acids is 1. The second-order valence-corrected chi connectivity index (χ2v) is 5.11. The number of amides is 1. The molecule has 1 amide bonds. The van der Waals surface area contributed by atoms with E-state index in [-0.39, 0.29) is 16.7 Å². The van der Waals surface area contributed by atoms with Crippen molar-refractivity contribution in [1.29, 1.82) is 0 Å². The van der Waals surface area contributed by atoms with E-state index in [0.29, 0.717) is 18.5 Å². The minimum Gasteiger partial charge on any atom is -0.506 e. The van der Waals surface area contributed by atoms with Crippen molar-refractivity contribution in [3.05, 3.63) is 58.6 Å². The highest BCUT2D eigenvalue weighted by atomic mass is 35.5. The third-order valence-corrected chi connectivity index (χ3v) is 3.26. The molecule has 3 nitrogen and oxygen atoms in total. The molecule has 4 heteroatoms. The van der Waals surface area contributed by atoms with Gasteiger partial charge in [0.25, 0.3) is 0 Å². The van der Waals surface area contributed by atoms with E-state index >= 15 is 0 Å². The summed E-state index contributed by atoms with van der Waals surface area (Å²) in [4.78, 5) is 11.9.